The van der Waals surface area contributed by atoms with Gasteiger partial charge in [0.05, 0.1) is 13.7 Å². The predicted octanol–water partition coefficient (Wildman–Crippen LogP) is 3.25. The fourth-order valence-electron chi connectivity index (χ4n) is 4.03. The van der Waals surface area contributed by atoms with Crippen LogP contribution in [-0.2, 0) is 20.7 Å². The first-order chi connectivity index (χ1) is 17.3. The second-order valence-corrected chi connectivity index (χ2v) is 8.59. The summed E-state index contributed by atoms with van der Waals surface area (Å²) in [5.41, 5.74) is 1.64. The van der Waals surface area contributed by atoms with E-state index in [1.807, 2.05) is 0 Å². The number of aromatic hydroxyl groups is 2. The zero-order chi connectivity index (χ0) is 26.5. The van der Waals surface area contributed by atoms with E-state index in [0.29, 0.717) is 31.4 Å². The monoisotopic (exact) mass is 504 g/mol. The first-order valence-electron chi connectivity index (χ1n) is 12.0. The average molecular weight is 505 g/mol. The summed E-state index contributed by atoms with van der Waals surface area (Å²) in [4.78, 5) is 24.7. The first-order valence-corrected chi connectivity index (χ1v) is 12.0. The number of ether oxygens (including phenoxy) is 3. The number of hydrogen-bond donors (Lipinski definition) is 4. The van der Waals surface area contributed by atoms with Crippen molar-refractivity contribution < 1.29 is 44.2 Å². The van der Waals surface area contributed by atoms with Gasteiger partial charge in [-0.15, -0.1) is 0 Å². The molecule has 0 fully saturated rings. The number of methoxy groups -OCH3 is 1. The Bertz CT molecular complexity index is 989. The first kappa shape index (κ1) is 28.9. The molecule has 2 aromatic carbocycles. The highest BCUT2D eigenvalue weighted by Gasteiger charge is 2.22. The summed E-state index contributed by atoms with van der Waals surface area (Å²) in [6.07, 6.45) is 1.54. The molecule has 0 bridgehead atoms. The Hall–Kier alpha value is -3.30. The predicted molar refractivity (Wildman–Crippen MR) is 133 cm³/mol. The molecule has 2 rings (SSSR count). The lowest BCUT2D eigenvalue weighted by molar-refractivity contribution is -0.147. The van der Waals surface area contributed by atoms with Crippen molar-refractivity contribution in [1.29, 1.82) is 0 Å². The number of phenols is 2. The van der Waals surface area contributed by atoms with Gasteiger partial charge in [0.15, 0.2) is 23.0 Å². The van der Waals surface area contributed by atoms with Gasteiger partial charge in [-0.3, -0.25) is 9.59 Å². The third-order valence-corrected chi connectivity index (χ3v) is 5.78. The Balaban J connectivity index is 2.08. The number of esters is 1. The fourth-order valence-corrected chi connectivity index (χ4v) is 4.03. The van der Waals surface area contributed by atoms with Crippen LogP contribution in [0.15, 0.2) is 36.4 Å². The summed E-state index contributed by atoms with van der Waals surface area (Å²) in [6, 6.07) is 9.80. The summed E-state index contributed by atoms with van der Waals surface area (Å²) in [5.74, 6) is -0.248. The molecule has 0 saturated heterocycles. The molecule has 0 unspecified atom stereocenters. The van der Waals surface area contributed by atoms with Gasteiger partial charge in [-0.1, -0.05) is 12.1 Å². The van der Waals surface area contributed by atoms with Crippen LogP contribution in [0.1, 0.15) is 56.1 Å². The molecule has 0 aliphatic heterocycles. The van der Waals surface area contributed by atoms with E-state index in [-0.39, 0.29) is 61.6 Å². The molecule has 198 valence electrons. The molecule has 2 aromatic rings. The van der Waals surface area contributed by atoms with Crippen LogP contribution < -0.4 is 9.47 Å². The van der Waals surface area contributed by atoms with E-state index in [1.54, 1.807) is 24.3 Å². The fraction of sp³-hybridized carbons (Fsp3) is 0.481. The van der Waals surface area contributed by atoms with Gasteiger partial charge < -0.3 is 34.6 Å². The number of aliphatic hydroxyl groups is 2. The van der Waals surface area contributed by atoms with Crippen LogP contribution >= 0.6 is 0 Å². The molecule has 36 heavy (non-hydrogen) atoms. The molecular weight excluding hydrogens is 468 g/mol. The third-order valence-electron chi connectivity index (χ3n) is 5.78. The molecule has 9 heteroatoms. The van der Waals surface area contributed by atoms with Crippen molar-refractivity contribution in [3.63, 3.8) is 0 Å². The number of aliphatic hydroxyl groups excluding tert-OH is 2. The Kier molecular flexibility index (Phi) is 12.0. The number of phenolic OH excluding ortho intramolecular Hbond substituents is 2. The minimum atomic E-state index is -0.626. The van der Waals surface area contributed by atoms with Crippen molar-refractivity contribution in [2.45, 2.75) is 57.5 Å². The van der Waals surface area contributed by atoms with Crippen molar-refractivity contribution in [3.05, 3.63) is 47.5 Å². The van der Waals surface area contributed by atoms with Crippen molar-refractivity contribution in [2.24, 2.45) is 0 Å². The highest BCUT2D eigenvalue weighted by atomic mass is 16.5. The van der Waals surface area contributed by atoms with Crippen LogP contribution in [0, 0.1) is 0 Å². The van der Waals surface area contributed by atoms with E-state index in [9.17, 15) is 24.9 Å². The quantitative estimate of drug-likeness (QED) is 0.253. The van der Waals surface area contributed by atoms with Gasteiger partial charge in [0.2, 0.25) is 0 Å². The lowest BCUT2D eigenvalue weighted by atomic mass is 9.88. The van der Waals surface area contributed by atoms with E-state index in [4.69, 9.17) is 19.3 Å². The smallest absolute Gasteiger partial charge is 0.302 e. The van der Waals surface area contributed by atoms with Gasteiger partial charge in [-0.2, -0.15) is 0 Å². The Morgan fingerprint density at radius 2 is 1.64 bits per heavy atom. The maximum atomic E-state index is 13.0. The normalized spacial score (nSPS) is 12.6. The van der Waals surface area contributed by atoms with Crippen molar-refractivity contribution in [3.8, 4) is 23.0 Å². The number of hydrogen-bond acceptors (Lipinski definition) is 9. The molecule has 0 saturated carbocycles. The Labute approximate surface area is 211 Å². The number of aryl methyl sites for hydroxylation is 1. The van der Waals surface area contributed by atoms with Crippen molar-refractivity contribution >= 4 is 11.8 Å². The highest BCUT2D eigenvalue weighted by Crippen LogP contribution is 2.34. The number of benzene rings is 2. The van der Waals surface area contributed by atoms with Crippen molar-refractivity contribution in [1.82, 2.24) is 0 Å². The molecule has 0 amide bonds. The van der Waals surface area contributed by atoms with Crippen LogP contribution in [0.3, 0.4) is 0 Å². The van der Waals surface area contributed by atoms with Crippen LogP contribution in [-0.4, -0.2) is 65.2 Å². The van der Waals surface area contributed by atoms with Gasteiger partial charge >= 0.3 is 5.97 Å². The van der Waals surface area contributed by atoms with E-state index in [2.05, 4.69) is 0 Å². The van der Waals surface area contributed by atoms with E-state index in [1.165, 1.54) is 26.2 Å². The zero-order valence-corrected chi connectivity index (χ0v) is 20.8. The largest absolute Gasteiger partial charge is 0.504 e. The summed E-state index contributed by atoms with van der Waals surface area (Å²) in [6.45, 7) is 1.15. The second kappa shape index (κ2) is 15.0. The molecule has 0 aromatic heterocycles. The molecule has 9 nitrogen and oxygen atoms in total. The Morgan fingerprint density at radius 3 is 2.31 bits per heavy atom. The standard InChI is InChI=1S/C27H36O9/c1-18(30)36-23(8-5-19-6-9-25(33)27(14-19)35-13-12-29)17-22(31)15-20(4-3-11-28)21-7-10-24(32)26(16-21)34-2/h6-7,9-10,14,16,20,23,28-29,32-33H,3-5,8,11-13,15,17H2,1-2H3/t20-,23-/m1/s1. The molecule has 2 atom stereocenters. The Morgan fingerprint density at radius 1 is 0.917 bits per heavy atom. The molecule has 0 heterocycles. The lowest BCUT2D eigenvalue weighted by Crippen LogP contribution is -2.22. The number of carbonyl (C=O) groups is 2. The molecule has 0 spiro atoms. The summed E-state index contributed by atoms with van der Waals surface area (Å²) < 4.78 is 15.9. The third kappa shape index (κ3) is 9.39. The number of rotatable bonds is 16. The minimum absolute atomic E-state index is 0.00237. The molecule has 0 aliphatic carbocycles. The maximum Gasteiger partial charge on any atom is 0.302 e. The van der Waals surface area contributed by atoms with Gasteiger partial charge in [-0.05, 0) is 67.0 Å². The van der Waals surface area contributed by atoms with Gasteiger partial charge in [-0.25, -0.2) is 0 Å². The number of ketones is 1. The van der Waals surface area contributed by atoms with Gasteiger partial charge in [0.25, 0.3) is 0 Å². The minimum Gasteiger partial charge on any atom is -0.504 e. The van der Waals surface area contributed by atoms with Crippen LogP contribution in [0.25, 0.3) is 0 Å². The topological polar surface area (TPSA) is 143 Å². The zero-order valence-electron chi connectivity index (χ0n) is 20.8. The molecule has 0 aliphatic rings. The van der Waals surface area contributed by atoms with E-state index >= 15 is 0 Å². The van der Waals surface area contributed by atoms with Crippen molar-refractivity contribution in [2.75, 3.05) is 26.9 Å². The van der Waals surface area contributed by atoms with Gasteiger partial charge in [0.1, 0.15) is 18.5 Å². The van der Waals surface area contributed by atoms with Gasteiger partial charge in [0, 0.05) is 26.4 Å². The molecule has 0 radical (unpaired) electrons. The van der Waals surface area contributed by atoms with Crippen LogP contribution in [0.2, 0.25) is 0 Å². The summed E-state index contributed by atoms with van der Waals surface area (Å²) >= 11 is 0. The van der Waals surface area contributed by atoms with E-state index < -0.39 is 12.1 Å². The summed E-state index contributed by atoms with van der Waals surface area (Å²) in [5, 5.41) is 38.0. The lowest BCUT2D eigenvalue weighted by Gasteiger charge is -2.20. The average Bonchev–Trinajstić information content (AvgIpc) is 2.85. The number of carbonyl (C=O) groups excluding carboxylic acids is 2. The molecule has 4 N–H and O–H groups in total. The second-order valence-electron chi connectivity index (χ2n) is 8.59. The maximum absolute atomic E-state index is 13.0. The van der Waals surface area contributed by atoms with Crippen LogP contribution in [0.4, 0.5) is 0 Å². The molecular formula is C27H36O9. The SMILES string of the molecule is COc1cc([C@H](CCCO)CC(=O)C[C@@H](CCc2ccc(O)c(OCCO)c2)OC(C)=O)ccc1O. The van der Waals surface area contributed by atoms with E-state index in [0.717, 1.165) is 11.1 Å². The summed E-state index contributed by atoms with van der Waals surface area (Å²) in [7, 11) is 1.45. The van der Waals surface area contributed by atoms with Crippen LogP contribution in [0.5, 0.6) is 23.0 Å². The number of Topliss-reactive ketones (excluding diaryl/α,β-unsaturated/α-hetero) is 1. The highest BCUT2D eigenvalue weighted by molar-refractivity contribution is 5.80.